The average Bonchev–Trinajstić information content (AvgIpc) is 3.48. The normalized spacial score (nSPS) is 11.6. The van der Waals surface area contributed by atoms with Crippen LogP contribution in [0.1, 0.15) is 10.4 Å². The summed E-state index contributed by atoms with van der Waals surface area (Å²) in [6.45, 7) is -0.705. The maximum absolute atomic E-state index is 12.4. The number of pyridine rings is 2. The van der Waals surface area contributed by atoms with Crippen LogP contribution in [0.2, 0.25) is 0 Å². The zero-order valence-electron chi connectivity index (χ0n) is 16.4. The van der Waals surface area contributed by atoms with Gasteiger partial charge >= 0.3 is 0 Å². The Labute approximate surface area is 174 Å². The predicted octanol–water partition coefficient (Wildman–Crippen LogP) is 3.27. The van der Waals surface area contributed by atoms with Gasteiger partial charge in [-0.1, -0.05) is 0 Å². The van der Waals surface area contributed by atoms with E-state index in [2.05, 4.69) is 25.5 Å². The topological polar surface area (TPSA) is 92.9 Å². The van der Waals surface area contributed by atoms with Crippen molar-refractivity contribution in [1.82, 2.24) is 34.7 Å². The molecule has 0 fully saturated rings. The van der Waals surface area contributed by atoms with Crippen molar-refractivity contribution in [3.05, 3.63) is 60.8 Å². The van der Waals surface area contributed by atoms with E-state index in [1.807, 2.05) is 43.7 Å². The van der Waals surface area contributed by atoms with E-state index in [9.17, 15) is 13.6 Å². The van der Waals surface area contributed by atoms with Crippen molar-refractivity contribution in [3.8, 4) is 22.4 Å². The highest BCUT2D eigenvalue weighted by Crippen LogP contribution is 2.30. The van der Waals surface area contributed by atoms with Gasteiger partial charge in [-0.2, -0.15) is 10.2 Å². The number of rotatable bonds is 5. The fourth-order valence-electron chi connectivity index (χ4n) is 3.55. The molecule has 0 saturated heterocycles. The van der Waals surface area contributed by atoms with Gasteiger partial charge in [0.05, 0.1) is 35.7 Å². The third-order valence-corrected chi connectivity index (χ3v) is 5.03. The quantitative estimate of drug-likeness (QED) is 0.456. The molecule has 0 aliphatic heterocycles. The zero-order valence-corrected chi connectivity index (χ0v) is 16.4. The summed E-state index contributed by atoms with van der Waals surface area (Å²) in [6.07, 6.45) is 5.99. The molecule has 0 unspecified atom stereocenters. The number of hydrogen-bond acceptors (Lipinski definition) is 4. The van der Waals surface area contributed by atoms with Gasteiger partial charge in [-0.15, -0.1) is 0 Å². The molecule has 5 heterocycles. The summed E-state index contributed by atoms with van der Waals surface area (Å²) in [5, 5.41) is 11.5. The second kappa shape index (κ2) is 7.31. The predicted molar refractivity (Wildman–Crippen MR) is 111 cm³/mol. The molecule has 5 rings (SSSR count). The van der Waals surface area contributed by atoms with Gasteiger partial charge in [0.2, 0.25) is 0 Å². The number of aromatic nitrogens is 6. The molecule has 0 radical (unpaired) electrons. The molecule has 0 aromatic carbocycles. The van der Waals surface area contributed by atoms with Crippen LogP contribution in [0, 0.1) is 0 Å². The summed E-state index contributed by atoms with van der Waals surface area (Å²) in [6, 6.07) is 7.59. The lowest BCUT2D eigenvalue weighted by molar-refractivity contribution is 0.0893. The van der Waals surface area contributed by atoms with Crippen molar-refractivity contribution >= 4 is 22.5 Å². The van der Waals surface area contributed by atoms with Crippen molar-refractivity contribution in [2.45, 2.75) is 6.43 Å². The van der Waals surface area contributed by atoms with E-state index in [1.54, 1.807) is 17.1 Å². The fourth-order valence-corrected chi connectivity index (χ4v) is 3.55. The summed E-state index contributed by atoms with van der Waals surface area (Å²) >= 11 is 0. The maximum Gasteiger partial charge on any atom is 0.255 e. The number of carbonyl (C=O) groups excluding carboxylic acids is 1. The van der Waals surface area contributed by atoms with Gasteiger partial charge in [0.1, 0.15) is 5.65 Å². The van der Waals surface area contributed by atoms with Crippen LogP contribution in [0.15, 0.2) is 55.2 Å². The van der Waals surface area contributed by atoms with E-state index in [4.69, 9.17) is 0 Å². The molecule has 31 heavy (non-hydrogen) atoms. The molecule has 0 aliphatic rings. The van der Waals surface area contributed by atoms with Crippen LogP contribution in [0.25, 0.3) is 38.9 Å². The minimum Gasteiger partial charge on any atom is -0.346 e. The Morgan fingerprint density at radius 2 is 2.06 bits per heavy atom. The first-order chi connectivity index (χ1) is 15.0. The van der Waals surface area contributed by atoms with Gasteiger partial charge in [0, 0.05) is 42.2 Å². The Hall–Kier alpha value is -4.08. The molecular weight excluding hydrogens is 404 g/mol. The number of nitrogens with zero attached hydrogens (tertiary/aromatic N) is 5. The first-order valence-corrected chi connectivity index (χ1v) is 9.51. The van der Waals surface area contributed by atoms with E-state index < -0.39 is 18.9 Å². The number of halogens is 2. The number of H-pyrrole nitrogens is 1. The van der Waals surface area contributed by atoms with Gasteiger partial charge in [-0.25, -0.2) is 18.3 Å². The van der Waals surface area contributed by atoms with Gasteiger partial charge < -0.3 is 10.3 Å². The number of aromatic amines is 1. The molecule has 10 heteroatoms. The highest BCUT2D eigenvalue weighted by molar-refractivity contribution is 6.02. The molecule has 5 aromatic rings. The molecule has 0 atom stereocenters. The molecule has 156 valence electrons. The van der Waals surface area contributed by atoms with Crippen molar-refractivity contribution < 1.29 is 13.6 Å². The van der Waals surface area contributed by atoms with Crippen molar-refractivity contribution in [3.63, 3.8) is 0 Å². The maximum atomic E-state index is 12.4. The van der Waals surface area contributed by atoms with Gasteiger partial charge in [0.15, 0.2) is 0 Å². The second-order valence-electron chi connectivity index (χ2n) is 7.10. The summed E-state index contributed by atoms with van der Waals surface area (Å²) in [7, 11) is 1.85. The molecule has 5 aromatic heterocycles. The molecule has 8 nitrogen and oxygen atoms in total. The lowest BCUT2D eigenvalue weighted by atomic mass is 10.1. The molecule has 0 spiro atoms. The van der Waals surface area contributed by atoms with E-state index in [1.165, 1.54) is 10.7 Å². The number of amides is 1. The molecule has 2 N–H and O–H groups in total. The summed E-state index contributed by atoms with van der Waals surface area (Å²) in [5.74, 6) is -0.589. The second-order valence-corrected chi connectivity index (χ2v) is 7.10. The van der Waals surface area contributed by atoms with Crippen LogP contribution in [0.3, 0.4) is 0 Å². The Bertz CT molecular complexity index is 1420. The third-order valence-electron chi connectivity index (χ3n) is 5.03. The molecule has 1 amide bonds. The smallest absolute Gasteiger partial charge is 0.255 e. The van der Waals surface area contributed by atoms with Crippen LogP contribution in [-0.4, -0.2) is 48.2 Å². The average molecular weight is 421 g/mol. The van der Waals surface area contributed by atoms with Gasteiger partial charge in [0.25, 0.3) is 12.3 Å². The van der Waals surface area contributed by atoms with Crippen LogP contribution in [-0.2, 0) is 7.05 Å². The first-order valence-electron chi connectivity index (χ1n) is 9.51. The van der Waals surface area contributed by atoms with Crippen molar-refractivity contribution in [2.75, 3.05) is 6.54 Å². The minimum absolute atomic E-state index is 0.235. The summed E-state index contributed by atoms with van der Waals surface area (Å²) in [5.41, 5.74) is 4.96. The standard InChI is InChI=1S/C21H17F2N7O/c1-29-11-13(7-26-29)17-3-2-14-15(8-24-20(14)28-17)12-4-5-30-18(6-12)16(9-27-30)21(31)25-10-19(22)23/h2-9,11,19H,10H2,1H3,(H,24,28)(H,25,31). The Balaban J connectivity index is 1.53. The number of aryl methyl sites for hydroxylation is 1. The van der Waals surface area contributed by atoms with Gasteiger partial charge in [-0.05, 0) is 29.8 Å². The number of alkyl halides is 2. The van der Waals surface area contributed by atoms with Gasteiger partial charge in [-0.3, -0.25) is 9.48 Å². The fraction of sp³-hybridized carbons (Fsp3) is 0.143. The molecular formula is C21H17F2N7O. The molecule has 0 bridgehead atoms. The Morgan fingerprint density at radius 3 is 2.84 bits per heavy atom. The Morgan fingerprint density at radius 1 is 1.19 bits per heavy atom. The lowest BCUT2D eigenvalue weighted by Gasteiger charge is -2.05. The minimum atomic E-state index is -2.61. The summed E-state index contributed by atoms with van der Waals surface area (Å²) < 4.78 is 28.1. The highest BCUT2D eigenvalue weighted by Gasteiger charge is 2.16. The number of carbonyl (C=O) groups is 1. The lowest BCUT2D eigenvalue weighted by Crippen LogP contribution is -2.28. The van der Waals surface area contributed by atoms with Crippen LogP contribution >= 0.6 is 0 Å². The largest absolute Gasteiger partial charge is 0.346 e. The molecule has 0 saturated carbocycles. The van der Waals surface area contributed by atoms with Crippen LogP contribution in [0.5, 0.6) is 0 Å². The zero-order chi connectivity index (χ0) is 21.5. The van der Waals surface area contributed by atoms with E-state index in [-0.39, 0.29) is 5.56 Å². The van der Waals surface area contributed by atoms with E-state index in [0.29, 0.717) is 5.52 Å². The Kier molecular flexibility index (Phi) is 4.46. The number of nitrogens with one attached hydrogen (secondary N) is 2. The number of fused-ring (bicyclic) bond motifs is 2. The monoisotopic (exact) mass is 421 g/mol. The highest BCUT2D eigenvalue weighted by atomic mass is 19.3. The van der Waals surface area contributed by atoms with Crippen molar-refractivity contribution in [2.24, 2.45) is 7.05 Å². The van der Waals surface area contributed by atoms with Crippen LogP contribution in [0.4, 0.5) is 8.78 Å². The van der Waals surface area contributed by atoms with Crippen LogP contribution < -0.4 is 5.32 Å². The van der Waals surface area contributed by atoms with E-state index >= 15 is 0 Å². The first kappa shape index (κ1) is 18.9. The van der Waals surface area contributed by atoms with Crippen molar-refractivity contribution in [1.29, 1.82) is 0 Å². The summed E-state index contributed by atoms with van der Waals surface area (Å²) in [4.78, 5) is 20.2. The molecule has 0 aliphatic carbocycles. The van der Waals surface area contributed by atoms with E-state index in [0.717, 1.165) is 33.4 Å². The number of hydrogen-bond donors (Lipinski definition) is 2. The SMILES string of the molecule is Cn1cc(-c2ccc3c(-c4ccn5ncc(C(=O)NCC(F)F)c5c4)c[nH]c3n2)cn1. The third kappa shape index (κ3) is 3.41.